The normalized spacial score (nSPS) is 11.9. The summed E-state index contributed by atoms with van der Waals surface area (Å²) in [5.74, 6) is -0.480. The van der Waals surface area contributed by atoms with Gasteiger partial charge in [0.15, 0.2) is 0 Å². The van der Waals surface area contributed by atoms with Crippen molar-refractivity contribution in [3.63, 3.8) is 0 Å². The third-order valence-corrected chi connectivity index (χ3v) is 2.76. The van der Waals surface area contributed by atoms with Crippen molar-refractivity contribution in [1.29, 1.82) is 0 Å². The van der Waals surface area contributed by atoms with E-state index >= 15 is 0 Å². The fourth-order valence-electron chi connectivity index (χ4n) is 1.83. The summed E-state index contributed by atoms with van der Waals surface area (Å²) >= 11 is 0. The van der Waals surface area contributed by atoms with Crippen molar-refractivity contribution in [2.75, 3.05) is 0 Å². The number of amides is 1. The maximum absolute atomic E-state index is 13.0. The average Bonchev–Trinajstić information content (AvgIpc) is 2.39. The molecule has 2 aromatic rings. The van der Waals surface area contributed by atoms with Crippen molar-refractivity contribution in [3.05, 3.63) is 65.7 Å². The predicted molar refractivity (Wildman–Crippen MR) is 70.9 cm³/mol. The fraction of sp³-hybridized carbons (Fsp3) is 0.200. The van der Waals surface area contributed by atoms with Crippen LogP contribution in [0.1, 0.15) is 24.2 Å². The van der Waals surface area contributed by atoms with Crippen molar-refractivity contribution in [2.45, 2.75) is 19.4 Å². The molecular weight excluding hydrogens is 243 g/mol. The van der Waals surface area contributed by atoms with E-state index in [9.17, 15) is 9.18 Å². The van der Waals surface area contributed by atoms with Gasteiger partial charge in [-0.15, -0.1) is 0 Å². The highest BCUT2D eigenvalue weighted by Gasteiger charge is 2.10. The van der Waals surface area contributed by atoms with Crippen LogP contribution in [0.4, 0.5) is 4.39 Å². The number of pyridine rings is 1. The summed E-state index contributed by atoms with van der Waals surface area (Å²) in [6.45, 7) is 1.87. The molecule has 0 fully saturated rings. The molecule has 1 N–H and O–H groups in total. The number of halogens is 1. The molecule has 0 aliphatic carbocycles. The Labute approximate surface area is 111 Å². The summed E-state index contributed by atoms with van der Waals surface area (Å²) in [6.07, 6.45) is 1.85. The van der Waals surface area contributed by atoms with Crippen LogP contribution in [0.2, 0.25) is 0 Å². The van der Waals surface area contributed by atoms with E-state index in [-0.39, 0.29) is 24.2 Å². The smallest absolute Gasteiger partial charge is 0.224 e. The first-order valence-corrected chi connectivity index (χ1v) is 6.10. The molecule has 2 rings (SSSR count). The topological polar surface area (TPSA) is 42.0 Å². The van der Waals surface area contributed by atoms with E-state index in [0.29, 0.717) is 5.56 Å². The van der Waals surface area contributed by atoms with Gasteiger partial charge in [-0.25, -0.2) is 4.39 Å². The van der Waals surface area contributed by atoms with Gasteiger partial charge in [0.2, 0.25) is 5.91 Å². The minimum Gasteiger partial charge on any atom is -0.348 e. The van der Waals surface area contributed by atoms with Crippen LogP contribution in [-0.2, 0) is 11.2 Å². The largest absolute Gasteiger partial charge is 0.348 e. The van der Waals surface area contributed by atoms with Gasteiger partial charge in [0, 0.05) is 6.20 Å². The fourth-order valence-corrected chi connectivity index (χ4v) is 1.83. The molecule has 3 nitrogen and oxygen atoms in total. The summed E-state index contributed by atoms with van der Waals surface area (Å²) in [5, 5.41) is 2.84. The highest BCUT2D eigenvalue weighted by atomic mass is 19.1. The Kier molecular flexibility index (Phi) is 4.23. The average molecular weight is 258 g/mol. The van der Waals surface area contributed by atoms with Crippen molar-refractivity contribution in [1.82, 2.24) is 10.3 Å². The second-order valence-corrected chi connectivity index (χ2v) is 4.35. The van der Waals surface area contributed by atoms with E-state index in [0.717, 1.165) is 5.69 Å². The lowest BCUT2D eigenvalue weighted by Gasteiger charge is -2.13. The molecule has 1 aromatic heterocycles. The van der Waals surface area contributed by atoms with Crippen LogP contribution in [0.5, 0.6) is 0 Å². The van der Waals surface area contributed by atoms with Crippen molar-refractivity contribution < 1.29 is 9.18 Å². The summed E-state index contributed by atoms with van der Waals surface area (Å²) in [5.41, 5.74) is 1.46. The maximum atomic E-state index is 13.0. The van der Waals surface area contributed by atoms with Crippen LogP contribution in [-0.4, -0.2) is 10.9 Å². The zero-order chi connectivity index (χ0) is 13.7. The monoisotopic (exact) mass is 258 g/mol. The molecule has 0 unspecified atom stereocenters. The molecule has 4 heteroatoms. The number of benzene rings is 1. The van der Waals surface area contributed by atoms with Crippen LogP contribution in [0.25, 0.3) is 0 Å². The molecule has 0 saturated carbocycles. The zero-order valence-corrected chi connectivity index (χ0v) is 10.6. The molecule has 1 amide bonds. The quantitative estimate of drug-likeness (QED) is 0.916. The van der Waals surface area contributed by atoms with Crippen molar-refractivity contribution in [3.8, 4) is 0 Å². The first-order chi connectivity index (χ1) is 9.15. The number of carbonyl (C=O) groups excluding carboxylic acids is 1. The molecular formula is C15H15FN2O. The number of hydrogen-bond donors (Lipinski definition) is 1. The van der Waals surface area contributed by atoms with E-state index < -0.39 is 0 Å². The third-order valence-electron chi connectivity index (χ3n) is 2.76. The minimum atomic E-state index is -0.330. The maximum Gasteiger partial charge on any atom is 0.224 e. The molecule has 1 heterocycles. The zero-order valence-electron chi connectivity index (χ0n) is 10.6. The number of rotatable bonds is 4. The Bertz CT molecular complexity index is 557. The summed E-state index contributed by atoms with van der Waals surface area (Å²) in [4.78, 5) is 16.0. The highest BCUT2D eigenvalue weighted by molar-refractivity contribution is 5.78. The highest BCUT2D eigenvalue weighted by Crippen LogP contribution is 2.09. The number of nitrogens with one attached hydrogen (secondary N) is 1. The van der Waals surface area contributed by atoms with Gasteiger partial charge in [-0.1, -0.05) is 18.2 Å². The van der Waals surface area contributed by atoms with E-state index in [1.165, 1.54) is 12.1 Å². The minimum absolute atomic E-state index is 0.149. The molecule has 0 spiro atoms. The molecule has 1 aromatic carbocycles. The van der Waals surface area contributed by atoms with E-state index in [1.54, 1.807) is 18.3 Å². The van der Waals surface area contributed by atoms with Crippen LogP contribution in [0, 0.1) is 5.82 Å². The Morgan fingerprint density at radius 3 is 2.84 bits per heavy atom. The first-order valence-electron chi connectivity index (χ1n) is 6.10. The molecule has 1 atom stereocenters. The lowest BCUT2D eigenvalue weighted by molar-refractivity contribution is -0.121. The predicted octanol–water partition coefficient (Wildman–Crippen LogP) is 2.64. The van der Waals surface area contributed by atoms with Crippen LogP contribution in [0.3, 0.4) is 0 Å². The lowest BCUT2D eigenvalue weighted by atomic mass is 10.1. The van der Waals surface area contributed by atoms with Gasteiger partial charge in [-0.3, -0.25) is 9.78 Å². The Morgan fingerprint density at radius 1 is 1.32 bits per heavy atom. The number of nitrogens with zero attached hydrogens (tertiary/aromatic N) is 1. The van der Waals surface area contributed by atoms with Crippen LogP contribution >= 0.6 is 0 Å². The molecule has 0 bridgehead atoms. The molecule has 0 aliphatic heterocycles. The summed E-state index contributed by atoms with van der Waals surface area (Å²) in [6, 6.07) is 11.4. The lowest BCUT2D eigenvalue weighted by Crippen LogP contribution is -2.28. The Morgan fingerprint density at radius 2 is 2.16 bits per heavy atom. The van der Waals surface area contributed by atoms with Gasteiger partial charge < -0.3 is 5.32 Å². The van der Waals surface area contributed by atoms with E-state index in [2.05, 4.69) is 10.3 Å². The molecule has 0 radical (unpaired) electrons. The number of aromatic nitrogens is 1. The van der Waals surface area contributed by atoms with E-state index in [4.69, 9.17) is 0 Å². The number of carbonyl (C=O) groups is 1. The molecule has 0 aliphatic rings. The summed E-state index contributed by atoms with van der Waals surface area (Å²) in [7, 11) is 0. The summed E-state index contributed by atoms with van der Waals surface area (Å²) < 4.78 is 13.0. The van der Waals surface area contributed by atoms with Gasteiger partial charge in [0.1, 0.15) is 5.82 Å². The molecule has 0 saturated heterocycles. The second-order valence-electron chi connectivity index (χ2n) is 4.35. The van der Waals surface area contributed by atoms with Crippen LogP contribution < -0.4 is 5.32 Å². The SMILES string of the molecule is C[C@H](NC(=O)Cc1cccc(F)c1)c1ccccn1. The van der Waals surface area contributed by atoms with Crippen molar-refractivity contribution >= 4 is 5.91 Å². The third kappa shape index (κ3) is 3.88. The molecule has 19 heavy (non-hydrogen) atoms. The second kappa shape index (κ2) is 6.09. The van der Waals surface area contributed by atoms with E-state index in [1.807, 2.05) is 25.1 Å². The van der Waals surface area contributed by atoms with Gasteiger partial charge in [-0.2, -0.15) is 0 Å². The molecule has 98 valence electrons. The number of hydrogen-bond acceptors (Lipinski definition) is 2. The standard InChI is InChI=1S/C15H15FN2O/c1-11(14-7-2-3-8-17-14)18-15(19)10-12-5-4-6-13(16)9-12/h2-9,11H,10H2,1H3,(H,18,19)/t11-/m0/s1. The first kappa shape index (κ1) is 13.2. The van der Waals surface area contributed by atoms with Crippen molar-refractivity contribution in [2.24, 2.45) is 0 Å². The van der Waals surface area contributed by atoms with Crippen LogP contribution in [0.15, 0.2) is 48.7 Å². The Balaban J connectivity index is 1.95. The van der Waals surface area contributed by atoms with Gasteiger partial charge >= 0.3 is 0 Å². The van der Waals surface area contributed by atoms with Gasteiger partial charge in [0.25, 0.3) is 0 Å². The van der Waals surface area contributed by atoms with Gasteiger partial charge in [0.05, 0.1) is 18.2 Å². The Hall–Kier alpha value is -2.23. The van der Waals surface area contributed by atoms with Gasteiger partial charge in [-0.05, 0) is 36.8 Å².